The summed E-state index contributed by atoms with van der Waals surface area (Å²) in [4.78, 5) is 0. The Kier molecular flexibility index (Phi) is 9.92. The highest BCUT2D eigenvalue weighted by Gasteiger charge is 2.45. The van der Waals surface area contributed by atoms with Crippen LogP contribution in [-0.4, -0.2) is 33.2 Å². The molecule has 1 rings (SSSR count). The van der Waals surface area contributed by atoms with Crippen LogP contribution in [0.5, 0.6) is 0 Å². The predicted octanol–water partition coefficient (Wildman–Crippen LogP) is 7.48. The van der Waals surface area contributed by atoms with Gasteiger partial charge in [-0.1, -0.05) is 76.5 Å². The summed E-state index contributed by atoms with van der Waals surface area (Å²) >= 11 is 0. The van der Waals surface area contributed by atoms with E-state index in [4.69, 9.17) is 4.43 Å². The third kappa shape index (κ3) is 6.17. The fraction of sp³-hybridized carbons (Fsp3) is 0.833. The van der Waals surface area contributed by atoms with E-state index in [1.54, 1.807) is 0 Å². The molecule has 0 heterocycles. The highest BCUT2D eigenvalue weighted by molar-refractivity contribution is 6.83. The Morgan fingerprint density at radius 1 is 1.11 bits per heavy atom. The summed E-state index contributed by atoms with van der Waals surface area (Å²) in [5.74, 6) is 0.365. The number of rotatable bonds is 10. The first-order chi connectivity index (χ1) is 13.0. The second-order valence-electron chi connectivity index (χ2n) is 10.2. The van der Waals surface area contributed by atoms with Gasteiger partial charge in [-0.2, -0.15) is 0 Å². The van der Waals surface area contributed by atoms with E-state index in [2.05, 4.69) is 66.9 Å². The van der Waals surface area contributed by atoms with Crippen molar-refractivity contribution >= 4 is 16.4 Å². The lowest BCUT2D eigenvalue weighted by molar-refractivity contribution is 0.0152. The van der Waals surface area contributed by atoms with Gasteiger partial charge >= 0.3 is 0 Å². The number of aliphatic hydroxyl groups excluding tert-OH is 1. The van der Waals surface area contributed by atoms with Crippen LogP contribution in [0.15, 0.2) is 23.4 Å². The van der Waals surface area contributed by atoms with E-state index in [1.165, 1.54) is 48.2 Å². The average molecular weight is 425 g/mol. The summed E-state index contributed by atoms with van der Waals surface area (Å²) in [7, 11) is -3.32. The molecule has 1 N–H and O–H groups in total. The third-order valence-corrected chi connectivity index (χ3v) is 14.3. The van der Waals surface area contributed by atoms with Gasteiger partial charge in [-0.05, 0) is 57.2 Å². The van der Waals surface area contributed by atoms with Gasteiger partial charge < -0.3 is 9.53 Å². The maximum Gasteiger partial charge on any atom is 0.193 e. The van der Waals surface area contributed by atoms with Crippen molar-refractivity contribution in [1.82, 2.24) is 0 Å². The van der Waals surface area contributed by atoms with E-state index < -0.39 is 16.4 Å². The van der Waals surface area contributed by atoms with Crippen molar-refractivity contribution in [3.63, 3.8) is 0 Å². The summed E-state index contributed by atoms with van der Waals surface area (Å²) < 4.78 is 7.19. The molecule has 164 valence electrons. The topological polar surface area (TPSA) is 29.5 Å². The number of hydrogen-bond acceptors (Lipinski definition) is 2. The van der Waals surface area contributed by atoms with E-state index in [1.807, 2.05) is 0 Å². The molecule has 1 aliphatic carbocycles. The molecule has 1 saturated carbocycles. The summed E-state index contributed by atoms with van der Waals surface area (Å²) in [6, 6.07) is 3.50. The number of aliphatic hydroxyl groups is 1. The standard InChI is InChI=1S/C24H48O2Si2/c1-10-24(26-28(11-2,12-3)13-4)18-16-14-15-17-21(24)19-22(25)23(20(5)6)27(7,8)9/h10,21-22,25H,1,11-19H2,2-9H3/t21-,22?,24-/m1/s1. The minimum absolute atomic E-state index is 0.252. The first kappa shape index (κ1) is 25.9. The van der Waals surface area contributed by atoms with Crippen LogP contribution < -0.4 is 0 Å². The Bertz CT molecular complexity index is 519. The van der Waals surface area contributed by atoms with Crippen LogP contribution >= 0.6 is 0 Å². The van der Waals surface area contributed by atoms with Crippen molar-refractivity contribution in [2.45, 2.75) is 123 Å². The summed E-state index contributed by atoms with van der Waals surface area (Å²) in [5.41, 5.74) is 1.06. The van der Waals surface area contributed by atoms with Crippen molar-refractivity contribution < 1.29 is 9.53 Å². The highest BCUT2D eigenvalue weighted by atomic mass is 28.4. The lowest BCUT2D eigenvalue weighted by Gasteiger charge is -2.46. The van der Waals surface area contributed by atoms with Crippen LogP contribution in [-0.2, 0) is 4.43 Å². The maximum absolute atomic E-state index is 11.4. The van der Waals surface area contributed by atoms with E-state index in [0.29, 0.717) is 5.92 Å². The van der Waals surface area contributed by atoms with Crippen LogP contribution in [0.2, 0.25) is 37.8 Å². The fourth-order valence-corrected chi connectivity index (χ4v) is 11.2. The van der Waals surface area contributed by atoms with Crippen molar-refractivity contribution in [3.05, 3.63) is 23.4 Å². The molecule has 0 aliphatic heterocycles. The Morgan fingerprint density at radius 3 is 2.11 bits per heavy atom. The summed E-state index contributed by atoms with van der Waals surface area (Å²) in [6.45, 7) is 22.6. The molecule has 4 heteroatoms. The molecule has 1 unspecified atom stereocenters. The van der Waals surface area contributed by atoms with E-state index in [-0.39, 0.29) is 11.7 Å². The highest BCUT2D eigenvalue weighted by Crippen LogP contribution is 2.44. The van der Waals surface area contributed by atoms with Gasteiger partial charge in [0.05, 0.1) is 19.8 Å². The van der Waals surface area contributed by atoms with Gasteiger partial charge in [-0.3, -0.25) is 0 Å². The van der Waals surface area contributed by atoms with Crippen molar-refractivity contribution in [3.8, 4) is 0 Å². The number of allylic oxidation sites excluding steroid dienone is 1. The molecule has 3 atom stereocenters. The zero-order valence-electron chi connectivity index (χ0n) is 20.2. The molecule has 1 fully saturated rings. The van der Waals surface area contributed by atoms with Gasteiger partial charge in [-0.15, -0.1) is 6.58 Å². The summed E-state index contributed by atoms with van der Waals surface area (Å²) in [6.07, 6.45) is 8.55. The third-order valence-electron chi connectivity index (χ3n) is 7.18. The quantitative estimate of drug-likeness (QED) is 0.224. The Morgan fingerprint density at radius 2 is 1.68 bits per heavy atom. The first-order valence-corrected chi connectivity index (χ1v) is 17.7. The fourth-order valence-electron chi connectivity index (χ4n) is 5.52. The van der Waals surface area contributed by atoms with Crippen molar-refractivity contribution in [2.24, 2.45) is 5.92 Å². The molecule has 28 heavy (non-hydrogen) atoms. The minimum atomic E-state index is -1.76. The van der Waals surface area contributed by atoms with E-state index in [9.17, 15) is 5.11 Å². The molecule has 0 saturated heterocycles. The second kappa shape index (κ2) is 10.7. The zero-order chi connectivity index (χ0) is 21.6. The van der Waals surface area contributed by atoms with Gasteiger partial charge in [0.15, 0.2) is 8.32 Å². The van der Waals surface area contributed by atoms with Crippen LogP contribution in [0.25, 0.3) is 0 Å². The van der Waals surface area contributed by atoms with Crippen LogP contribution in [0.1, 0.15) is 73.1 Å². The lowest BCUT2D eigenvalue weighted by Crippen LogP contribution is -2.51. The monoisotopic (exact) mass is 424 g/mol. The molecule has 0 radical (unpaired) electrons. The Hall–Kier alpha value is -0.166. The number of hydrogen-bond donors (Lipinski definition) is 1. The molecular weight excluding hydrogens is 376 g/mol. The lowest BCUT2D eigenvalue weighted by atomic mass is 9.79. The smallest absolute Gasteiger partial charge is 0.193 e. The van der Waals surface area contributed by atoms with Crippen molar-refractivity contribution in [2.75, 3.05) is 0 Å². The molecule has 1 aliphatic rings. The predicted molar refractivity (Wildman–Crippen MR) is 130 cm³/mol. The molecule has 2 nitrogen and oxygen atoms in total. The second-order valence-corrected chi connectivity index (χ2v) is 19.9. The van der Waals surface area contributed by atoms with Gasteiger partial charge in [0.25, 0.3) is 0 Å². The average Bonchev–Trinajstić information content (AvgIpc) is 2.81. The van der Waals surface area contributed by atoms with Gasteiger partial charge in [0, 0.05) is 0 Å². The van der Waals surface area contributed by atoms with Gasteiger partial charge in [-0.25, -0.2) is 0 Å². The molecular formula is C24H48O2Si2. The van der Waals surface area contributed by atoms with Crippen LogP contribution in [0.3, 0.4) is 0 Å². The zero-order valence-corrected chi connectivity index (χ0v) is 22.2. The van der Waals surface area contributed by atoms with Crippen LogP contribution in [0, 0.1) is 5.92 Å². The van der Waals surface area contributed by atoms with Crippen molar-refractivity contribution in [1.29, 1.82) is 0 Å². The molecule has 0 amide bonds. The van der Waals surface area contributed by atoms with Gasteiger partial charge in [0.1, 0.15) is 0 Å². The molecule has 0 aromatic heterocycles. The first-order valence-electron chi connectivity index (χ1n) is 11.7. The summed E-state index contributed by atoms with van der Waals surface area (Å²) in [5, 5.41) is 12.7. The normalized spacial score (nSPS) is 25.1. The molecule has 0 bridgehead atoms. The van der Waals surface area contributed by atoms with E-state index in [0.717, 1.165) is 19.3 Å². The Labute approximate surface area is 178 Å². The van der Waals surface area contributed by atoms with E-state index >= 15 is 0 Å². The van der Waals surface area contributed by atoms with Gasteiger partial charge in [0.2, 0.25) is 0 Å². The SMILES string of the molecule is C=C[C@@]1(O[Si](CC)(CC)CC)CCCCC[C@@H]1CC(O)C(=C(C)C)[Si](C)(C)C. The van der Waals surface area contributed by atoms with Crippen LogP contribution in [0.4, 0.5) is 0 Å². The Balaban J connectivity index is 3.27. The molecule has 0 aromatic rings. The molecule has 0 spiro atoms. The molecule has 0 aromatic carbocycles. The minimum Gasteiger partial charge on any atom is -0.408 e. The maximum atomic E-state index is 11.4. The largest absolute Gasteiger partial charge is 0.408 e.